The molecule has 0 saturated heterocycles. The Balaban J connectivity index is 2.12. The number of aromatic nitrogens is 2. The second-order valence-corrected chi connectivity index (χ2v) is 5.60. The Morgan fingerprint density at radius 2 is 1.88 bits per heavy atom. The number of anilines is 1. The van der Waals surface area contributed by atoms with Crippen molar-refractivity contribution in [2.45, 2.75) is 0 Å². The molecule has 126 valence electrons. The number of nitrogen functional groups attached to an aromatic ring is 1. The monoisotopic (exact) mass is 356 g/mol. The highest BCUT2D eigenvalue weighted by atomic mass is 35.5. The van der Waals surface area contributed by atoms with Gasteiger partial charge in [0.25, 0.3) is 5.56 Å². The molecule has 0 saturated carbocycles. The van der Waals surface area contributed by atoms with E-state index in [4.69, 9.17) is 17.3 Å². The van der Waals surface area contributed by atoms with E-state index in [1.54, 1.807) is 48.5 Å². The van der Waals surface area contributed by atoms with E-state index in [9.17, 15) is 14.7 Å². The summed E-state index contributed by atoms with van der Waals surface area (Å²) in [5.41, 5.74) is 5.36. The Morgan fingerprint density at radius 3 is 2.56 bits per heavy atom. The highest BCUT2D eigenvalue weighted by Gasteiger charge is 2.14. The number of hydrogen-bond donors (Lipinski definition) is 3. The Kier molecular flexibility index (Phi) is 4.40. The molecule has 0 aliphatic carbocycles. The van der Waals surface area contributed by atoms with Gasteiger partial charge in [0.1, 0.15) is 5.56 Å². The molecule has 8 heteroatoms. The molecule has 0 atom stereocenters. The smallest absolute Gasteiger partial charge is 0.335 e. The number of aromatic hydroxyl groups is 1. The van der Waals surface area contributed by atoms with Crippen molar-refractivity contribution in [3.05, 3.63) is 80.0 Å². The summed E-state index contributed by atoms with van der Waals surface area (Å²) < 4.78 is 0.957. The molecular formula is C17H13ClN4O3. The van der Waals surface area contributed by atoms with Gasteiger partial charge >= 0.3 is 5.69 Å². The molecule has 0 aliphatic heterocycles. The minimum Gasteiger partial charge on any atom is -0.493 e. The lowest BCUT2D eigenvalue weighted by atomic mass is 10.2. The van der Waals surface area contributed by atoms with Crippen LogP contribution in [0.3, 0.4) is 0 Å². The lowest BCUT2D eigenvalue weighted by molar-refractivity contribution is 0.430. The first-order valence-electron chi connectivity index (χ1n) is 7.19. The molecule has 1 aromatic heterocycles. The zero-order valence-corrected chi connectivity index (χ0v) is 13.6. The molecule has 0 aliphatic rings. The number of nitrogens with zero attached hydrogens (tertiary/aromatic N) is 2. The van der Waals surface area contributed by atoms with Crippen molar-refractivity contribution >= 4 is 29.2 Å². The molecular weight excluding hydrogens is 344 g/mol. The molecule has 7 nitrogen and oxygen atoms in total. The van der Waals surface area contributed by atoms with Crippen molar-refractivity contribution in [1.29, 1.82) is 0 Å². The van der Waals surface area contributed by atoms with Gasteiger partial charge in [-0.05, 0) is 42.5 Å². The fourth-order valence-corrected chi connectivity index (χ4v) is 2.35. The van der Waals surface area contributed by atoms with Gasteiger partial charge in [-0.25, -0.2) is 9.36 Å². The van der Waals surface area contributed by atoms with Crippen LogP contribution < -0.4 is 17.0 Å². The predicted molar refractivity (Wildman–Crippen MR) is 97.4 cm³/mol. The van der Waals surface area contributed by atoms with E-state index in [0.29, 0.717) is 22.1 Å². The van der Waals surface area contributed by atoms with Crippen LogP contribution in [-0.4, -0.2) is 20.9 Å². The number of aliphatic imine (C=N–C) groups is 1. The zero-order valence-electron chi connectivity index (χ0n) is 12.8. The lowest BCUT2D eigenvalue weighted by Gasteiger charge is -2.09. The fourth-order valence-electron chi connectivity index (χ4n) is 2.23. The maximum atomic E-state index is 12.1. The van der Waals surface area contributed by atoms with Gasteiger partial charge in [-0.1, -0.05) is 17.7 Å². The summed E-state index contributed by atoms with van der Waals surface area (Å²) in [6.07, 6.45) is 1.18. The van der Waals surface area contributed by atoms with E-state index < -0.39 is 17.1 Å². The Hall–Kier alpha value is -3.32. The third-order valence-corrected chi connectivity index (χ3v) is 3.67. The van der Waals surface area contributed by atoms with Crippen LogP contribution in [0.5, 0.6) is 5.88 Å². The molecule has 25 heavy (non-hydrogen) atoms. The van der Waals surface area contributed by atoms with Crippen LogP contribution in [0.4, 0.5) is 11.4 Å². The summed E-state index contributed by atoms with van der Waals surface area (Å²) in [6.45, 7) is 0. The topological polar surface area (TPSA) is 113 Å². The Bertz CT molecular complexity index is 1070. The van der Waals surface area contributed by atoms with Gasteiger partial charge in [0.15, 0.2) is 0 Å². The summed E-state index contributed by atoms with van der Waals surface area (Å²) >= 11 is 5.83. The van der Waals surface area contributed by atoms with Gasteiger partial charge < -0.3 is 10.8 Å². The minimum atomic E-state index is -0.772. The summed E-state index contributed by atoms with van der Waals surface area (Å²) in [4.78, 5) is 30.4. The first-order valence-corrected chi connectivity index (χ1v) is 7.57. The number of H-pyrrole nitrogens is 1. The Labute approximate surface area is 146 Å². The molecule has 3 rings (SSSR count). The van der Waals surface area contributed by atoms with Gasteiger partial charge in [0, 0.05) is 16.9 Å². The van der Waals surface area contributed by atoms with Gasteiger partial charge in [0.2, 0.25) is 5.88 Å². The molecule has 3 aromatic rings. The molecule has 0 fully saturated rings. The second kappa shape index (κ2) is 6.66. The summed E-state index contributed by atoms with van der Waals surface area (Å²) in [6, 6.07) is 12.9. The van der Waals surface area contributed by atoms with E-state index in [1.165, 1.54) is 6.21 Å². The van der Waals surface area contributed by atoms with Gasteiger partial charge in [-0.3, -0.25) is 14.8 Å². The van der Waals surface area contributed by atoms with Gasteiger partial charge in [-0.2, -0.15) is 0 Å². The van der Waals surface area contributed by atoms with E-state index in [-0.39, 0.29) is 5.56 Å². The SMILES string of the molecule is Nc1cccc(N=Cc2c(O)n(-c3ccc(Cl)cc3)c(=O)[nH]c2=O)c1. The van der Waals surface area contributed by atoms with Crippen LogP contribution in [0.2, 0.25) is 5.02 Å². The fraction of sp³-hybridized carbons (Fsp3) is 0. The molecule has 4 N–H and O–H groups in total. The van der Waals surface area contributed by atoms with Gasteiger partial charge in [-0.15, -0.1) is 0 Å². The first kappa shape index (κ1) is 16.5. The van der Waals surface area contributed by atoms with Crippen LogP contribution in [0.15, 0.2) is 63.1 Å². The maximum absolute atomic E-state index is 12.1. The molecule has 0 amide bonds. The van der Waals surface area contributed by atoms with E-state index in [0.717, 1.165) is 4.57 Å². The second-order valence-electron chi connectivity index (χ2n) is 5.16. The number of nitrogens with one attached hydrogen (secondary N) is 1. The highest BCUT2D eigenvalue weighted by molar-refractivity contribution is 6.30. The number of rotatable bonds is 3. The maximum Gasteiger partial charge on any atom is 0.335 e. The number of aromatic amines is 1. The van der Waals surface area contributed by atoms with Gasteiger partial charge in [0.05, 0.1) is 11.4 Å². The Morgan fingerprint density at radius 1 is 1.16 bits per heavy atom. The summed E-state index contributed by atoms with van der Waals surface area (Å²) in [5, 5.41) is 10.9. The normalized spacial score (nSPS) is 11.1. The minimum absolute atomic E-state index is 0.156. The van der Waals surface area contributed by atoms with Crippen LogP contribution in [0.25, 0.3) is 5.69 Å². The lowest BCUT2D eigenvalue weighted by Crippen LogP contribution is -2.31. The summed E-state index contributed by atoms with van der Waals surface area (Å²) in [7, 11) is 0. The molecule has 0 bridgehead atoms. The van der Waals surface area contributed by atoms with Crippen molar-refractivity contribution in [3.63, 3.8) is 0 Å². The molecule has 0 spiro atoms. The highest BCUT2D eigenvalue weighted by Crippen LogP contribution is 2.19. The van der Waals surface area contributed by atoms with Crippen molar-refractivity contribution in [1.82, 2.24) is 9.55 Å². The van der Waals surface area contributed by atoms with E-state index in [1.807, 2.05) is 0 Å². The molecule has 0 unspecified atom stereocenters. The standard InChI is InChI=1S/C17H13ClN4O3/c18-10-4-6-13(7-5-10)22-16(24)14(15(23)21-17(22)25)9-20-12-3-1-2-11(19)8-12/h1-9,24H,19H2,(H,21,23,25). The number of benzene rings is 2. The van der Waals surface area contributed by atoms with Crippen molar-refractivity contribution in [3.8, 4) is 11.6 Å². The molecule has 1 heterocycles. The van der Waals surface area contributed by atoms with Crippen LogP contribution in [0.1, 0.15) is 5.56 Å². The van der Waals surface area contributed by atoms with Crippen LogP contribution in [0, 0.1) is 0 Å². The zero-order chi connectivity index (χ0) is 18.0. The van der Waals surface area contributed by atoms with Crippen molar-refractivity contribution in [2.75, 3.05) is 5.73 Å². The number of halogens is 1. The van der Waals surface area contributed by atoms with Crippen LogP contribution in [-0.2, 0) is 0 Å². The molecule has 2 aromatic carbocycles. The number of hydrogen-bond acceptors (Lipinski definition) is 5. The van der Waals surface area contributed by atoms with E-state index >= 15 is 0 Å². The van der Waals surface area contributed by atoms with Crippen molar-refractivity contribution < 1.29 is 5.11 Å². The third-order valence-electron chi connectivity index (χ3n) is 3.42. The third kappa shape index (κ3) is 3.46. The predicted octanol–water partition coefficient (Wildman–Crippen LogP) is 2.22. The van der Waals surface area contributed by atoms with Crippen molar-refractivity contribution in [2.24, 2.45) is 4.99 Å². The summed E-state index contributed by atoms with van der Waals surface area (Å²) in [5.74, 6) is -0.524. The van der Waals surface area contributed by atoms with E-state index in [2.05, 4.69) is 9.98 Å². The largest absolute Gasteiger partial charge is 0.493 e. The average Bonchev–Trinajstić information content (AvgIpc) is 2.56. The first-order chi connectivity index (χ1) is 12.0. The number of nitrogens with two attached hydrogens (primary N) is 1. The quantitative estimate of drug-likeness (QED) is 0.493. The van der Waals surface area contributed by atoms with Crippen LogP contribution >= 0.6 is 11.6 Å². The molecule has 0 radical (unpaired) electrons. The average molecular weight is 357 g/mol.